The normalized spacial score (nSPS) is 26.7. The van der Waals surface area contributed by atoms with Gasteiger partial charge in [0.05, 0.1) is 0 Å². The lowest BCUT2D eigenvalue weighted by Gasteiger charge is -2.45. The van der Waals surface area contributed by atoms with Gasteiger partial charge in [-0.1, -0.05) is 25.5 Å². The van der Waals surface area contributed by atoms with Crippen LogP contribution in [0.3, 0.4) is 0 Å². The zero-order valence-electron chi connectivity index (χ0n) is 16.1. The van der Waals surface area contributed by atoms with Gasteiger partial charge in [-0.3, -0.25) is 4.79 Å². The number of benzene rings is 1. The maximum Gasteiger partial charge on any atom is 0.137 e. The Hall–Kier alpha value is -1.65. The van der Waals surface area contributed by atoms with Crippen LogP contribution in [0.5, 0.6) is 0 Å². The maximum absolute atomic E-state index is 12.9. The predicted octanol–water partition coefficient (Wildman–Crippen LogP) is 3.12. The zero-order valence-corrected chi connectivity index (χ0v) is 16.1. The molecule has 0 unspecified atom stereocenters. The fourth-order valence-electron chi connectivity index (χ4n) is 5.24. The zero-order chi connectivity index (χ0) is 18.4. The lowest BCUT2D eigenvalue weighted by Crippen LogP contribution is -2.49. The van der Waals surface area contributed by atoms with Gasteiger partial charge in [0.2, 0.25) is 0 Å². The van der Waals surface area contributed by atoms with E-state index in [1.54, 1.807) is 0 Å². The summed E-state index contributed by atoms with van der Waals surface area (Å²) in [6.45, 7) is 3.01. The summed E-state index contributed by atoms with van der Waals surface area (Å²) in [5.41, 5.74) is 4.17. The summed E-state index contributed by atoms with van der Waals surface area (Å²) < 4.78 is 2.24. The number of likely N-dealkylation sites (N-methyl/N-ethyl adjacent to an activating group) is 1. The van der Waals surface area contributed by atoms with Crippen LogP contribution in [0.4, 0.5) is 0 Å². The number of ketones is 1. The number of rotatable bonds is 5. The van der Waals surface area contributed by atoms with E-state index in [9.17, 15) is 9.90 Å². The fraction of sp³-hybridized carbons (Fsp3) is 0.591. The minimum atomic E-state index is 0.0855. The molecule has 4 heteroatoms. The Bertz CT molecular complexity index is 821. The Morgan fingerprint density at radius 1 is 1.35 bits per heavy atom. The van der Waals surface area contributed by atoms with Gasteiger partial charge in [0.1, 0.15) is 5.78 Å². The number of aliphatic hydroxyl groups is 1. The molecular weight excluding hydrogens is 324 g/mol. The number of aromatic nitrogens is 1. The largest absolute Gasteiger partial charge is 0.396 e. The average Bonchev–Trinajstić information content (AvgIpc) is 2.97. The van der Waals surface area contributed by atoms with Gasteiger partial charge < -0.3 is 14.6 Å². The van der Waals surface area contributed by atoms with E-state index < -0.39 is 0 Å². The highest BCUT2D eigenvalue weighted by molar-refractivity contribution is 5.89. The monoisotopic (exact) mass is 354 g/mol. The molecule has 1 fully saturated rings. The molecule has 2 aliphatic rings. The van der Waals surface area contributed by atoms with Crippen molar-refractivity contribution in [1.29, 1.82) is 0 Å². The molecule has 0 spiro atoms. The minimum absolute atomic E-state index is 0.0855. The molecule has 4 nitrogen and oxygen atoms in total. The minimum Gasteiger partial charge on any atom is -0.396 e. The molecule has 1 saturated heterocycles. The summed E-state index contributed by atoms with van der Waals surface area (Å²) in [5.74, 6) is 0.959. The van der Waals surface area contributed by atoms with Gasteiger partial charge in [0.25, 0.3) is 0 Å². The quantitative estimate of drug-likeness (QED) is 0.897. The van der Waals surface area contributed by atoms with Gasteiger partial charge in [-0.15, -0.1) is 0 Å². The van der Waals surface area contributed by atoms with Crippen LogP contribution < -0.4 is 0 Å². The lowest BCUT2D eigenvalue weighted by atomic mass is 9.71. The third-order valence-corrected chi connectivity index (χ3v) is 6.81. The van der Waals surface area contributed by atoms with E-state index in [4.69, 9.17) is 0 Å². The molecule has 1 aliphatic carbocycles. The maximum atomic E-state index is 12.9. The number of Topliss-reactive ketones (excluding diaryl/α,β-unsaturated/α-hetero) is 1. The second kappa shape index (κ2) is 6.82. The molecule has 2 heterocycles. The molecule has 140 valence electrons. The second-order valence-electron chi connectivity index (χ2n) is 8.38. The topological polar surface area (TPSA) is 45.5 Å². The Labute approximate surface area is 155 Å². The molecule has 0 saturated carbocycles. The van der Waals surface area contributed by atoms with E-state index in [-0.39, 0.29) is 18.4 Å². The van der Waals surface area contributed by atoms with E-state index in [1.807, 2.05) is 0 Å². The SMILES string of the molecule is CC[C@@H](CO)CC(=O)[C@@H]1C[C@@H]2c3cccc4c3c(cn4C)C[C@H]2N(C)C1. The molecule has 4 atom stereocenters. The molecule has 0 bridgehead atoms. The standard InChI is InChI=1S/C22H30N2O2/c1-4-14(13-25)8-21(26)15-9-18-17-6-5-7-19-22(17)16(12-23(19)2)10-20(18)24(3)11-15/h5-7,12,14-15,18,20,25H,4,8-11,13H2,1-3H3/t14-,15-,18-,20-/m1/s1. The molecular formula is C22H30N2O2. The van der Waals surface area contributed by atoms with Crippen LogP contribution in [0.25, 0.3) is 10.9 Å². The Kier molecular flexibility index (Phi) is 4.66. The van der Waals surface area contributed by atoms with Crippen LogP contribution in [-0.2, 0) is 18.3 Å². The number of fused-ring (bicyclic) bond motifs is 2. The van der Waals surface area contributed by atoms with Crippen molar-refractivity contribution in [3.63, 3.8) is 0 Å². The summed E-state index contributed by atoms with van der Waals surface area (Å²) in [5, 5.41) is 10.9. The number of likely N-dealkylation sites (tertiary alicyclic amines) is 1. The first-order valence-electron chi connectivity index (χ1n) is 9.94. The third kappa shape index (κ3) is 2.80. The van der Waals surface area contributed by atoms with E-state index in [2.05, 4.69) is 54.9 Å². The fourth-order valence-corrected chi connectivity index (χ4v) is 5.24. The highest BCUT2D eigenvalue weighted by atomic mass is 16.3. The van der Waals surface area contributed by atoms with Crippen molar-refractivity contribution in [3.8, 4) is 0 Å². The molecule has 0 amide bonds. The predicted molar refractivity (Wildman–Crippen MR) is 104 cm³/mol. The van der Waals surface area contributed by atoms with Gasteiger partial charge >= 0.3 is 0 Å². The number of hydrogen-bond donors (Lipinski definition) is 1. The first-order valence-corrected chi connectivity index (χ1v) is 9.94. The highest BCUT2D eigenvalue weighted by Gasteiger charge is 2.41. The molecule has 2 aromatic rings. The van der Waals surface area contributed by atoms with Crippen LogP contribution in [0.15, 0.2) is 24.4 Å². The highest BCUT2D eigenvalue weighted by Crippen LogP contribution is 2.45. The van der Waals surface area contributed by atoms with E-state index >= 15 is 0 Å². The average molecular weight is 354 g/mol. The van der Waals surface area contributed by atoms with Crippen molar-refractivity contribution >= 4 is 16.7 Å². The van der Waals surface area contributed by atoms with Crippen LogP contribution in [-0.4, -0.2) is 46.6 Å². The smallest absolute Gasteiger partial charge is 0.137 e. The third-order valence-electron chi connectivity index (χ3n) is 6.81. The van der Waals surface area contributed by atoms with Crippen LogP contribution in [0.1, 0.15) is 43.2 Å². The molecule has 1 N–H and O–H groups in total. The first-order chi connectivity index (χ1) is 12.5. The van der Waals surface area contributed by atoms with Crippen molar-refractivity contribution in [1.82, 2.24) is 9.47 Å². The second-order valence-corrected chi connectivity index (χ2v) is 8.38. The number of carbonyl (C=O) groups excluding carboxylic acids is 1. The molecule has 1 aromatic heterocycles. The van der Waals surface area contributed by atoms with Crippen LogP contribution in [0.2, 0.25) is 0 Å². The van der Waals surface area contributed by atoms with Gasteiger partial charge in [-0.2, -0.15) is 0 Å². The first kappa shape index (κ1) is 17.7. The Morgan fingerprint density at radius 3 is 2.88 bits per heavy atom. The van der Waals surface area contributed by atoms with Crippen molar-refractivity contribution in [2.45, 2.75) is 44.6 Å². The van der Waals surface area contributed by atoms with Crippen molar-refractivity contribution in [2.75, 3.05) is 20.2 Å². The summed E-state index contributed by atoms with van der Waals surface area (Å²) in [4.78, 5) is 15.3. The van der Waals surface area contributed by atoms with Crippen molar-refractivity contribution in [2.24, 2.45) is 18.9 Å². The number of nitrogens with zero attached hydrogens (tertiary/aromatic N) is 2. The van der Waals surface area contributed by atoms with Crippen LogP contribution in [0, 0.1) is 11.8 Å². The van der Waals surface area contributed by atoms with E-state index in [1.165, 1.54) is 22.0 Å². The number of aliphatic hydroxyl groups excluding tert-OH is 1. The number of aryl methyl sites for hydroxylation is 1. The summed E-state index contributed by atoms with van der Waals surface area (Å²) in [6.07, 6.45) is 5.68. The molecule has 1 aromatic carbocycles. The van der Waals surface area contributed by atoms with Gasteiger partial charge in [-0.05, 0) is 43.0 Å². The van der Waals surface area contributed by atoms with E-state index in [0.717, 1.165) is 25.8 Å². The van der Waals surface area contributed by atoms with Crippen molar-refractivity contribution in [3.05, 3.63) is 35.5 Å². The van der Waals surface area contributed by atoms with Gasteiger partial charge in [0.15, 0.2) is 0 Å². The number of carbonyl (C=O) groups is 1. The number of hydrogen-bond acceptors (Lipinski definition) is 3. The summed E-state index contributed by atoms with van der Waals surface area (Å²) >= 11 is 0. The molecule has 1 aliphatic heterocycles. The molecule has 26 heavy (non-hydrogen) atoms. The van der Waals surface area contributed by atoms with Gasteiger partial charge in [0, 0.05) is 61.6 Å². The summed E-state index contributed by atoms with van der Waals surface area (Å²) in [7, 11) is 4.30. The Morgan fingerprint density at radius 2 is 2.15 bits per heavy atom. The number of piperidine rings is 1. The summed E-state index contributed by atoms with van der Waals surface area (Å²) in [6, 6.07) is 7.12. The molecule has 0 radical (unpaired) electrons. The Balaban J connectivity index is 1.64. The van der Waals surface area contributed by atoms with E-state index in [0.29, 0.717) is 24.2 Å². The molecule has 4 rings (SSSR count). The van der Waals surface area contributed by atoms with Crippen LogP contribution >= 0.6 is 0 Å². The van der Waals surface area contributed by atoms with Gasteiger partial charge in [-0.25, -0.2) is 0 Å². The van der Waals surface area contributed by atoms with Crippen molar-refractivity contribution < 1.29 is 9.90 Å². The lowest BCUT2D eigenvalue weighted by molar-refractivity contribution is -0.126.